The topological polar surface area (TPSA) is 44.4 Å². The molecule has 124 valence electrons. The van der Waals surface area contributed by atoms with Crippen molar-refractivity contribution < 1.29 is 4.79 Å². The predicted molar refractivity (Wildman–Crippen MR) is 92.6 cm³/mol. The van der Waals surface area contributed by atoms with E-state index >= 15 is 0 Å². The van der Waals surface area contributed by atoms with Gasteiger partial charge in [-0.3, -0.25) is 4.90 Å². The number of nitrogens with one attached hydrogen (secondary N) is 2. The van der Waals surface area contributed by atoms with Crippen LogP contribution in [-0.4, -0.2) is 35.1 Å². The van der Waals surface area contributed by atoms with Crippen LogP contribution in [0.2, 0.25) is 0 Å². The second-order valence-corrected chi connectivity index (χ2v) is 7.50. The van der Waals surface area contributed by atoms with E-state index in [0.29, 0.717) is 18.1 Å². The van der Waals surface area contributed by atoms with Crippen LogP contribution in [0.5, 0.6) is 0 Å². The Hall–Kier alpha value is -1.55. The zero-order chi connectivity index (χ0) is 15.8. The third-order valence-corrected chi connectivity index (χ3v) is 5.73. The lowest BCUT2D eigenvalue weighted by molar-refractivity contribution is 0.0198. The number of benzene rings is 1. The number of fused-ring (bicyclic) bond motifs is 2. The molecule has 4 nitrogen and oxygen atoms in total. The number of nitrogens with zero attached hydrogens (tertiary/aromatic N) is 1. The molecule has 1 aliphatic carbocycles. The summed E-state index contributed by atoms with van der Waals surface area (Å²) in [5, 5.41) is 6.23. The number of hydrogen-bond acceptors (Lipinski definition) is 2. The molecule has 2 amide bonds. The lowest BCUT2D eigenvalue weighted by atomic mass is 9.81. The second-order valence-electron chi connectivity index (χ2n) is 7.50. The Morgan fingerprint density at radius 1 is 1.04 bits per heavy atom. The summed E-state index contributed by atoms with van der Waals surface area (Å²) in [6.45, 7) is 2.02. The van der Waals surface area contributed by atoms with E-state index in [0.717, 1.165) is 30.1 Å². The average molecular weight is 313 g/mol. The maximum absolute atomic E-state index is 12.3. The van der Waals surface area contributed by atoms with Crippen LogP contribution in [-0.2, 0) is 0 Å². The SMILES string of the molecule is Cc1ccccc1NC(=O)NC1C[C@H]2CCC[C@@H](C1)N2C1CC1. The molecule has 1 aromatic carbocycles. The monoisotopic (exact) mass is 313 g/mol. The Morgan fingerprint density at radius 3 is 2.39 bits per heavy atom. The third kappa shape index (κ3) is 3.23. The minimum absolute atomic E-state index is 0.0535. The molecule has 3 aliphatic rings. The molecule has 1 unspecified atom stereocenters. The molecular formula is C19H27N3O. The Kier molecular flexibility index (Phi) is 4.02. The van der Waals surface area contributed by atoms with E-state index < -0.39 is 0 Å². The van der Waals surface area contributed by atoms with Gasteiger partial charge in [-0.15, -0.1) is 0 Å². The maximum Gasteiger partial charge on any atom is 0.319 e. The summed E-state index contributed by atoms with van der Waals surface area (Å²) < 4.78 is 0. The summed E-state index contributed by atoms with van der Waals surface area (Å²) in [6, 6.07) is 10.4. The number of rotatable bonds is 3. The normalized spacial score (nSPS) is 30.7. The van der Waals surface area contributed by atoms with Crippen LogP contribution in [0, 0.1) is 6.92 Å². The summed E-state index contributed by atoms with van der Waals surface area (Å²) in [5.74, 6) is 0. The summed E-state index contributed by atoms with van der Waals surface area (Å²) in [4.78, 5) is 15.1. The number of amides is 2. The number of urea groups is 1. The molecule has 0 spiro atoms. The zero-order valence-electron chi connectivity index (χ0n) is 13.9. The number of carbonyl (C=O) groups is 1. The molecular weight excluding hydrogens is 286 g/mol. The Bertz CT molecular complexity index is 570. The number of hydrogen-bond donors (Lipinski definition) is 2. The highest BCUT2D eigenvalue weighted by Gasteiger charge is 2.45. The smallest absolute Gasteiger partial charge is 0.319 e. The van der Waals surface area contributed by atoms with Crippen LogP contribution in [0.25, 0.3) is 0 Å². The van der Waals surface area contributed by atoms with E-state index in [1.165, 1.54) is 32.1 Å². The molecule has 1 saturated carbocycles. The van der Waals surface area contributed by atoms with Gasteiger partial charge in [0.2, 0.25) is 0 Å². The molecule has 3 atom stereocenters. The maximum atomic E-state index is 12.3. The van der Waals surface area contributed by atoms with E-state index in [1.54, 1.807) is 0 Å². The molecule has 3 fully saturated rings. The van der Waals surface area contributed by atoms with Gasteiger partial charge in [0.1, 0.15) is 0 Å². The first-order chi connectivity index (χ1) is 11.2. The van der Waals surface area contributed by atoms with Crippen LogP contribution in [0.3, 0.4) is 0 Å². The van der Waals surface area contributed by atoms with Crippen molar-refractivity contribution in [2.24, 2.45) is 0 Å². The fourth-order valence-electron chi connectivity index (χ4n) is 4.56. The fraction of sp³-hybridized carbons (Fsp3) is 0.632. The quantitative estimate of drug-likeness (QED) is 0.894. The number of para-hydroxylation sites is 1. The van der Waals surface area contributed by atoms with Crippen molar-refractivity contribution >= 4 is 11.7 Å². The largest absolute Gasteiger partial charge is 0.335 e. The molecule has 2 bridgehead atoms. The van der Waals surface area contributed by atoms with E-state index in [-0.39, 0.29) is 6.03 Å². The fourth-order valence-corrected chi connectivity index (χ4v) is 4.56. The first kappa shape index (κ1) is 15.0. The molecule has 2 heterocycles. The van der Waals surface area contributed by atoms with Gasteiger partial charge in [-0.1, -0.05) is 24.6 Å². The molecule has 1 aromatic rings. The molecule has 4 heteroatoms. The van der Waals surface area contributed by atoms with Crippen molar-refractivity contribution in [2.75, 3.05) is 5.32 Å². The van der Waals surface area contributed by atoms with Crippen molar-refractivity contribution in [2.45, 2.75) is 76.0 Å². The van der Waals surface area contributed by atoms with Gasteiger partial charge in [-0.05, 0) is 57.1 Å². The first-order valence-corrected chi connectivity index (χ1v) is 9.11. The zero-order valence-corrected chi connectivity index (χ0v) is 13.9. The van der Waals surface area contributed by atoms with Crippen molar-refractivity contribution in [1.29, 1.82) is 0 Å². The van der Waals surface area contributed by atoms with Crippen molar-refractivity contribution in [1.82, 2.24) is 10.2 Å². The van der Waals surface area contributed by atoms with E-state index in [9.17, 15) is 4.79 Å². The first-order valence-electron chi connectivity index (χ1n) is 9.11. The molecule has 2 aliphatic heterocycles. The Labute approximate surface area is 138 Å². The van der Waals surface area contributed by atoms with Gasteiger partial charge in [0, 0.05) is 29.9 Å². The summed E-state index contributed by atoms with van der Waals surface area (Å²) in [7, 11) is 0. The molecule has 0 radical (unpaired) electrons. The van der Waals surface area contributed by atoms with Gasteiger partial charge >= 0.3 is 6.03 Å². The average Bonchev–Trinajstić information content (AvgIpc) is 3.33. The number of anilines is 1. The molecule has 4 rings (SSSR count). The van der Waals surface area contributed by atoms with Crippen LogP contribution in [0.1, 0.15) is 50.5 Å². The second kappa shape index (κ2) is 6.16. The number of aryl methyl sites for hydroxylation is 1. The van der Waals surface area contributed by atoms with Crippen molar-refractivity contribution in [3.05, 3.63) is 29.8 Å². The molecule has 23 heavy (non-hydrogen) atoms. The minimum atomic E-state index is -0.0535. The van der Waals surface area contributed by atoms with Gasteiger partial charge in [-0.2, -0.15) is 0 Å². The van der Waals surface area contributed by atoms with Crippen LogP contribution in [0.15, 0.2) is 24.3 Å². The number of carbonyl (C=O) groups excluding carboxylic acids is 1. The molecule has 0 aromatic heterocycles. The molecule has 2 N–H and O–H groups in total. The van der Waals surface area contributed by atoms with Crippen molar-refractivity contribution in [3.63, 3.8) is 0 Å². The van der Waals surface area contributed by atoms with Gasteiger partial charge in [0.15, 0.2) is 0 Å². The van der Waals surface area contributed by atoms with E-state index in [1.807, 2.05) is 31.2 Å². The summed E-state index contributed by atoms with van der Waals surface area (Å²) >= 11 is 0. The van der Waals surface area contributed by atoms with Gasteiger partial charge in [0.05, 0.1) is 0 Å². The number of piperidine rings is 2. The van der Waals surface area contributed by atoms with E-state index in [4.69, 9.17) is 0 Å². The predicted octanol–water partition coefficient (Wildman–Crippen LogP) is 3.66. The lowest BCUT2D eigenvalue weighted by Crippen LogP contribution is -2.58. The highest BCUT2D eigenvalue weighted by Crippen LogP contribution is 2.41. The highest BCUT2D eigenvalue weighted by molar-refractivity contribution is 5.90. The molecule has 2 saturated heterocycles. The highest BCUT2D eigenvalue weighted by atomic mass is 16.2. The van der Waals surface area contributed by atoms with Crippen LogP contribution >= 0.6 is 0 Å². The summed E-state index contributed by atoms with van der Waals surface area (Å²) in [6.07, 6.45) is 9.00. The Morgan fingerprint density at radius 2 is 1.74 bits per heavy atom. The van der Waals surface area contributed by atoms with Crippen LogP contribution < -0.4 is 10.6 Å². The van der Waals surface area contributed by atoms with Gasteiger partial charge in [-0.25, -0.2) is 4.79 Å². The lowest BCUT2D eigenvalue weighted by Gasteiger charge is -2.49. The summed E-state index contributed by atoms with van der Waals surface area (Å²) in [5.41, 5.74) is 2.00. The van der Waals surface area contributed by atoms with Gasteiger partial charge < -0.3 is 10.6 Å². The standard InChI is InChI=1S/C19H27N3O/c1-13-5-2-3-8-18(13)21-19(23)20-14-11-16-6-4-7-17(12-14)22(16)15-9-10-15/h2-3,5,8,14-17H,4,6-7,9-12H2,1H3,(H2,20,21,23)/t14?,16-,17+. The van der Waals surface area contributed by atoms with E-state index in [2.05, 4.69) is 15.5 Å². The minimum Gasteiger partial charge on any atom is -0.335 e. The van der Waals surface area contributed by atoms with Crippen LogP contribution in [0.4, 0.5) is 10.5 Å². The Balaban J connectivity index is 1.36. The van der Waals surface area contributed by atoms with Gasteiger partial charge in [0.25, 0.3) is 0 Å². The third-order valence-electron chi connectivity index (χ3n) is 5.73. The van der Waals surface area contributed by atoms with Crippen molar-refractivity contribution in [3.8, 4) is 0 Å².